The third kappa shape index (κ3) is 4.45. The molecule has 0 radical (unpaired) electrons. The van der Waals surface area contributed by atoms with Crippen molar-refractivity contribution in [3.05, 3.63) is 119 Å². The van der Waals surface area contributed by atoms with Crippen LogP contribution in [0.15, 0.2) is 84.9 Å². The Kier molecular flexibility index (Phi) is 8.15. The van der Waals surface area contributed by atoms with E-state index in [2.05, 4.69) is 84.9 Å². The molecule has 3 heteroatoms. The van der Waals surface area contributed by atoms with Crippen LogP contribution in [0.3, 0.4) is 0 Å². The van der Waals surface area contributed by atoms with Crippen LogP contribution in [0.2, 0.25) is 0 Å². The second-order valence-electron chi connectivity index (χ2n) is 6.79. The summed E-state index contributed by atoms with van der Waals surface area (Å²) in [5, 5.41) is 0. The Bertz CT molecular complexity index is 929. The van der Waals surface area contributed by atoms with Gasteiger partial charge in [-0.15, -0.1) is 11.1 Å². The summed E-state index contributed by atoms with van der Waals surface area (Å²) < 4.78 is 0. The summed E-state index contributed by atoms with van der Waals surface area (Å²) in [4.78, 5) is 0. The maximum atomic E-state index is 3.30. The van der Waals surface area contributed by atoms with Crippen molar-refractivity contribution < 1.29 is 42.2 Å². The molecule has 0 aromatic heterocycles. The standard InChI is InChI=1S/2C13H9.2ClH.Cr/c2*1-3-7-12-10(5-1)9-11-6-2-4-8-13(11)12;;;/h2*1-5,7-8H,9H2;2*1H;/q2*-1;;;+4/p-2. The maximum Gasteiger partial charge on any atom is 4.00 e. The summed E-state index contributed by atoms with van der Waals surface area (Å²) >= 11 is 0. The molecule has 6 rings (SSSR count). The Labute approximate surface area is 196 Å². The molecule has 0 bridgehead atoms. The van der Waals surface area contributed by atoms with E-state index >= 15 is 0 Å². The topological polar surface area (TPSA) is 0 Å². The first-order chi connectivity index (χ1) is 12.9. The van der Waals surface area contributed by atoms with Crippen LogP contribution in [0.5, 0.6) is 0 Å². The summed E-state index contributed by atoms with van der Waals surface area (Å²) in [5.74, 6) is 0. The minimum absolute atomic E-state index is 0. The summed E-state index contributed by atoms with van der Waals surface area (Å²) in [5.41, 5.74) is 11.0. The van der Waals surface area contributed by atoms with E-state index in [1.807, 2.05) is 12.1 Å². The van der Waals surface area contributed by atoms with Crippen molar-refractivity contribution in [2.75, 3.05) is 0 Å². The molecule has 0 saturated carbocycles. The molecule has 142 valence electrons. The van der Waals surface area contributed by atoms with Crippen molar-refractivity contribution in [3.63, 3.8) is 0 Å². The largest absolute Gasteiger partial charge is 4.00 e. The van der Waals surface area contributed by atoms with Gasteiger partial charge in [-0.1, -0.05) is 70.8 Å². The molecule has 29 heavy (non-hydrogen) atoms. The first-order valence-corrected chi connectivity index (χ1v) is 9.06. The second kappa shape index (κ2) is 10.2. The zero-order valence-electron chi connectivity index (χ0n) is 15.7. The van der Waals surface area contributed by atoms with Crippen LogP contribution in [0.25, 0.3) is 22.3 Å². The van der Waals surface area contributed by atoms with E-state index in [1.54, 1.807) is 0 Å². The molecule has 0 atom stereocenters. The molecule has 4 aromatic carbocycles. The molecule has 0 heterocycles. The number of benzene rings is 4. The Morgan fingerprint density at radius 3 is 1.31 bits per heavy atom. The molecule has 2 aliphatic carbocycles. The molecule has 0 amide bonds. The van der Waals surface area contributed by atoms with Crippen LogP contribution in [0, 0.1) is 12.1 Å². The van der Waals surface area contributed by atoms with Gasteiger partial charge in [0.05, 0.1) is 0 Å². The molecule has 0 spiro atoms. The average Bonchev–Trinajstić information content (AvgIpc) is 3.27. The monoisotopic (exact) mass is 452 g/mol. The van der Waals surface area contributed by atoms with Crippen LogP contribution in [0.4, 0.5) is 0 Å². The van der Waals surface area contributed by atoms with Crippen LogP contribution in [0.1, 0.15) is 22.3 Å². The van der Waals surface area contributed by atoms with Gasteiger partial charge in [0.2, 0.25) is 0 Å². The Morgan fingerprint density at radius 1 is 0.483 bits per heavy atom. The van der Waals surface area contributed by atoms with E-state index in [1.165, 1.54) is 44.5 Å². The van der Waals surface area contributed by atoms with Crippen molar-refractivity contribution in [1.29, 1.82) is 0 Å². The SMILES string of the molecule is [Cl-].[Cl-].[Cr+4].[c-]1cccc2c1Cc1ccccc1-2.[c-]1cccc2c1Cc1ccccc1-2. The fourth-order valence-electron chi connectivity index (χ4n) is 4.00. The second-order valence-corrected chi connectivity index (χ2v) is 6.79. The van der Waals surface area contributed by atoms with Crippen molar-refractivity contribution in [1.82, 2.24) is 0 Å². The summed E-state index contributed by atoms with van der Waals surface area (Å²) in [7, 11) is 0. The average molecular weight is 453 g/mol. The van der Waals surface area contributed by atoms with Crippen molar-refractivity contribution in [2.24, 2.45) is 0 Å². The molecular weight excluding hydrogens is 435 g/mol. The first-order valence-electron chi connectivity index (χ1n) is 9.06. The van der Waals surface area contributed by atoms with Gasteiger partial charge in [-0.3, -0.25) is 0 Å². The molecule has 0 nitrogen and oxygen atoms in total. The van der Waals surface area contributed by atoms with Crippen LogP contribution in [-0.4, -0.2) is 0 Å². The van der Waals surface area contributed by atoms with Gasteiger partial charge in [-0.05, 0) is 12.8 Å². The Morgan fingerprint density at radius 2 is 0.862 bits per heavy atom. The van der Waals surface area contributed by atoms with E-state index in [0.29, 0.717) is 0 Å². The van der Waals surface area contributed by atoms with Gasteiger partial charge in [-0.2, -0.15) is 59.7 Å². The number of hydrogen-bond donors (Lipinski definition) is 0. The van der Waals surface area contributed by atoms with Gasteiger partial charge in [0.1, 0.15) is 0 Å². The quantitative estimate of drug-likeness (QED) is 0.287. The minimum atomic E-state index is 0. The molecule has 0 aliphatic heterocycles. The predicted molar refractivity (Wildman–Crippen MR) is 107 cm³/mol. The molecular formula is C26H18Cl2Cr. The van der Waals surface area contributed by atoms with Gasteiger partial charge in [0.15, 0.2) is 0 Å². The van der Waals surface area contributed by atoms with Crippen molar-refractivity contribution >= 4 is 0 Å². The van der Waals surface area contributed by atoms with Crippen LogP contribution >= 0.6 is 0 Å². The molecule has 4 aromatic rings. The number of rotatable bonds is 0. The predicted octanol–water partition coefficient (Wildman–Crippen LogP) is 0.121. The van der Waals surface area contributed by atoms with Gasteiger partial charge in [-0.25, -0.2) is 0 Å². The molecule has 0 unspecified atom stereocenters. The third-order valence-electron chi connectivity index (χ3n) is 5.23. The number of halogens is 2. The van der Waals surface area contributed by atoms with Crippen LogP contribution in [-0.2, 0) is 30.2 Å². The van der Waals surface area contributed by atoms with Crippen molar-refractivity contribution in [3.8, 4) is 22.3 Å². The summed E-state index contributed by atoms with van der Waals surface area (Å²) in [6.07, 6.45) is 2.10. The zero-order valence-corrected chi connectivity index (χ0v) is 18.4. The zero-order chi connectivity index (χ0) is 17.3. The normalized spacial score (nSPS) is 11.0. The van der Waals surface area contributed by atoms with Crippen molar-refractivity contribution in [2.45, 2.75) is 12.8 Å². The van der Waals surface area contributed by atoms with Gasteiger partial charge in [0.25, 0.3) is 0 Å². The Hall–Kier alpha value is -2.01. The van der Waals surface area contributed by atoms with E-state index in [-0.39, 0.29) is 42.2 Å². The van der Waals surface area contributed by atoms with Gasteiger partial charge >= 0.3 is 17.4 Å². The first kappa shape index (κ1) is 23.3. The van der Waals surface area contributed by atoms with E-state index in [4.69, 9.17) is 0 Å². The summed E-state index contributed by atoms with van der Waals surface area (Å²) in [6, 6.07) is 36.2. The maximum absolute atomic E-state index is 3.30. The van der Waals surface area contributed by atoms with Crippen LogP contribution < -0.4 is 24.8 Å². The molecule has 2 aliphatic rings. The van der Waals surface area contributed by atoms with E-state index < -0.39 is 0 Å². The van der Waals surface area contributed by atoms with Gasteiger partial charge < -0.3 is 24.8 Å². The molecule has 0 fully saturated rings. The molecule has 0 saturated heterocycles. The van der Waals surface area contributed by atoms with Gasteiger partial charge in [0, 0.05) is 0 Å². The smallest absolute Gasteiger partial charge is 1.00 e. The fourth-order valence-corrected chi connectivity index (χ4v) is 4.00. The third-order valence-corrected chi connectivity index (χ3v) is 5.23. The van der Waals surface area contributed by atoms with E-state index in [0.717, 1.165) is 12.8 Å². The fraction of sp³-hybridized carbons (Fsp3) is 0.0769. The molecule has 0 N–H and O–H groups in total. The number of fused-ring (bicyclic) bond motifs is 6. The summed E-state index contributed by atoms with van der Waals surface area (Å²) in [6.45, 7) is 0. The number of hydrogen-bond acceptors (Lipinski definition) is 0. The minimum Gasteiger partial charge on any atom is -1.00 e. The van der Waals surface area contributed by atoms with E-state index in [9.17, 15) is 0 Å². The Balaban J connectivity index is 0.000000187.